The molecule has 2 amide bonds. The minimum absolute atomic E-state index is 0. The highest BCUT2D eigenvalue weighted by Gasteiger charge is 2.31. The highest BCUT2D eigenvalue weighted by atomic mass is 35.5. The SMILES string of the molecule is CN1C(=O)c2ccccc2C1=O.Cl.Cl. The van der Waals surface area contributed by atoms with E-state index < -0.39 is 0 Å². The lowest BCUT2D eigenvalue weighted by molar-refractivity contribution is 0.0693. The number of amides is 2. The quantitative estimate of drug-likeness (QED) is 0.641. The highest BCUT2D eigenvalue weighted by molar-refractivity contribution is 6.21. The van der Waals surface area contributed by atoms with Crippen molar-refractivity contribution in [3.05, 3.63) is 35.4 Å². The Morgan fingerprint density at radius 3 is 1.64 bits per heavy atom. The van der Waals surface area contributed by atoms with E-state index in [1.54, 1.807) is 24.3 Å². The lowest BCUT2D eigenvalue weighted by Crippen LogP contribution is -2.24. The van der Waals surface area contributed by atoms with E-state index in [1.165, 1.54) is 7.05 Å². The molecule has 1 heterocycles. The Bertz CT molecular complexity index is 344. The number of hydrogen-bond acceptors (Lipinski definition) is 2. The molecule has 3 nitrogen and oxygen atoms in total. The van der Waals surface area contributed by atoms with Gasteiger partial charge in [-0.15, -0.1) is 24.8 Å². The number of hydrogen-bond donors (Lipinski definition) is 0. The monoisotopic (exact) mass is 233 g/mol. The Kier molecular flexibility index (Phi) is 4.10. The predicted octanol–water partition coefficient (Wildman–Crippen LogP) is 1.76. The molecule has 0 unspecified atom stereocenters. The van der Waals surface area contributed by atoms with E-state index in [4.69, 9.17) is 0 Å². The maximum atomic E-state index is 11.3. The number of benzene rings is 1. The second-order valence-corrected chi connectivity index (χ2v) is 2.71. The van der Waals surface area contributed by atoms with E-state index in [9.17, 15) is 9.59 Å². The topological polar surface area (TPSA) is 37.4 Å². The average molecular weight is 234 g/mol. The van der Waals surface area contributed by atoms with Gasteiger partial charge >= 0.3 is 0 Å². The Labute approximate surface area is 93.9 Å². The number of rotatable bonds is 0. The van der Waals surface area contributed by atoms with Crippen LogP contribution in [0.5, 0.6) is 0 Å². The number of halogens is 2. The average Bonchev–Trinajstić information content (AvgIpc) is 2.33. The fraction of sp³-hybridized carbons (Fsp3) is 0.111. The zero-order valence-electron chi connectivity index (χ0n) is 7.39. The van der Waals surface area contributed by atoms with Gasteiger partial charge in [0.15, 0.2) is 0 Å². The molecule has 0 saturated heterocycles. The van der Waals surface area contributed by atoms with Crippen LogP contribution in [-0.2, 0) is 0 Å². The first-order chi connectivity index (χ1) is 5.72. The van der Waals surface area contributed by atoms with Crippen molar-refractivity contribution >= 4 is 36.6 Å². The summed E-state index contributed by atoms with van der Waals surface area (Å²) in [6, 6.07) is 6.84. The van der Waals surface area contributed by atoms with Crippen molar-refractivity contribution in [2.45, 2.75) is 0 Å². The Morgan fingerprint density at radius 2 is 1.29 bits per heavy atom. The minimum atomic E-state index is -0.212. The number of imide groups is 1. The molecule has 14 heavy (non-hydrogen) atoms. The summed E-state index contributed by atoms with van der Waals surface area (Å²) in [6.07, 6.45) is 0. The first kappa shape index (κ1) is 12.9. The smallest absolute Gasteiger partial charge is 0.261 e. The summed E-state index contributed by atoms with van der Waals surface area (Å²) in [5, 5.41) is 0. The molecule has 0 saturated carbocycles. The highest BCUT2D eigenvalue weighted by Crippen LogP contribution is 2.20. The molecule has 1 aromatic carbocycles. The lowest BCUT2D eigenvalue weighted by Gasteiger charge is -2.02. The zero-order chi connectivity index (χ0) is 8.72. The Morgan fingerprint density at radius 1 is 0.929 bits per heavy atom. The van der Waals surface area contributed by atoms with Crippen LogP contribution in [0.2, 0.25) is 0 Å². The van der Waals surface area contributed by atoms with E-state index >= 15 is 0 Å². The van der Waals surface area contributed by atoms with Gasteiger partial charge in [0.05, 0.1) is 11.1 Å². The van der Waals surface area contributed by atoms with Gasteiger partial charge in [-0.3, -0.25) is 14.5 Å². The molecular formula is C9H9Cl2NO2. The number of carbonyl (C=O) groups is 2. The third-order valence-corrected chi connectivity index (χ3v) is 2.00. The molecule has 1 aliphatic rings. The molecular weight excluding hydrogens is 225 g/mol. The summed E-state index contributed by atoms with van der Waals surface area (Å²) in [5.74, 6) is -0.425. The largest absolute Gasteiger partial charge is 0.277 e. The van der Waals surface area contributed by atoms with Crippen molar-refractivity contribution < 1.29 is 9.59 Å². The van der Waals surface area contributed by atoms with Crippen LogP contribution in [0.4, 0.5) is 0 Å². The molecule has 1 aliphatic heterocycles. The van der Waals surface area contributed by atoms with Crippen molar-refractivity contribution in [2.75, 3.05) is 7.05 Å². The van der Waals surface area contributed by atoms with E-state index in [1.807, 2.05) is 0 Å². The summed E-state index contributed by atoms with van der Waals surface area (Å²) in [5.41, 5.74) is 1.01. The lowest BCUT2D eigenvalue weighted by atomic mass is 10.1. The van der Waals surface area contributed by atoms with Gasteiger partial charge < -0.3 is 0 Å². The number of fused-ring (bicyclic) bond motifs is 1. The normalized spacial score (nSPS) is 13.1. The Hall–Kier alpha value is -1.06. The second-order valence-electron chi connectivity index (χ2n) is 2.71. The van der Waals surface area contributed by atoms with Crippen LogP contribution >= 0.6 is 24.8 Å². The second kappa shape index (κ2) is 4.44. The van der Waals surface area contributed by atoms with E-state index in [0.29, 0.717) is 11.1 Å². The summed E-state index contributed by atoms with van der Waals surface area (Å²) in [7, 11) is 1.49. The van der Waals surface area contributed by atoms with Crippen molar-refractivity contribution in [3.63, 3.8) is 0 Å². The molecule has 0 aliphatic carbocycles. The first-order valence-corrected chi connectivity index (χ1v) is 3.63. The van der Waals surface area contributed by atoms with Gasteiger partial charge in [0.2, 0.25) is 0 Å². The molecule has 0 bridgehead atoms. The van der Waals surface area contributed by atoms with Gasteiger partial charge in [-0.05, 0) is 12.1 Å². The van der Waals surface area contributed by atoms with Gasteiger partial charge in [0.1, 0.15) is 0 Å². The van der Waals surface area contributed by atoms with E-state index in [2.05, 4.69) is 0 Å². The van der Waals surface area contributed by atoms with E-state index in [-0.39, 0.29) is 36.6 Å². The number of carbonyl (C=O) groups excluding carboxylic acids is 2. The molecule has 76 valence electrons. The van der Waals surface area contributed by atoms with Crippen LogP contribution in [0.15, 0.2) is 24.3 Å². The van der Waals surface area contributed by atoms with Crippen molar-refractivity contribution in [1.82, 2.24) is 4.90 Å². The fourth-order valence-electron chi connectivity index (χ4n) is 1.31. The van der Waals surface area contributed by atoms with Gasteiger partial charge in [-0.1, -0.05) is 12.1 Å². The zero-order valence-corrected chi connectivity index (χ0v) is 9.02. The molecule has 5 heteroatoms. The van der Waals surface area contributed by atoms with Crippen molar-refractivity contribution in [2.24, 2.45) is 0 Å². The van der Waals surface area contributed by atoms with E-state index in [0.717, 1.165) is 4.90 Å². The van der Waals surface area contributed by atoms with Crippen LogP contribution < -0.4 is 0 Å². The van der Waals surface area contributed by atoms with Gasteiger partial charge in [-0.2, -0.15) is 0 Å². The molecule has 0 spiro atoms. The first-order valence-electron chi connectivity index (χ1n) is 3.63. The molecule has 2 rings (SSSR count). The molecule has 0 aromatic heterocycles. The number of nitrogens with zero attached hydrogens (tertiary/aromatic N) is 1. The van der Waals surface area contributed by atoms with Gasteiger partial charge in [0.25, 0.3) is 11.8 Å². The summed E-state index contributed by atoms with van der Waals surface area (Å²) < 4.78 is 0. The summed E-state index contributed by atoms with van der Waals surface area (Å²) in [6.45, 7) is 0. The third kappa shape index (κ3) is 1.61. The van der Waals surface area contributed by atoms with Gasteiger partial charge in [0, 0.05) is 7.05 Å². The maximum Gasteiger partial charge on any atom is 0.261 e. The van der Waals surface area contributed by atoms with Crippen LogP contribution in [0.1, 0.15) is 20.7 Å². The Balaban J connectivity index is 0.000000845. The fourth-order valence-corrected chi connectivity index (χ4v) is 1.31. The van der Waals surface area contributed by atoms with Crippen LogP contribution in [-0.4, -0.2) is 23.8 Å². The maximum absolute atomic E-state index is 11.3. The summed E-state index contributed by atoms with van der Waals surface area (Å²) >= 11 is 0. The predicted molar refractivity (Wildman–Crippen MR) is 57.4 cm³/mol. The molecule has 1 aromatic rings. The molecule has 0 fully saturated rings. The van der Waals surface area contributed by atoms with Crippen LogP contribution in [0, 0.1) is 0 Å². The molecule has 0 N–H and O–H groups in total. The summed E-state index contributed by atoms with van der Waals surface area (Å²) in [4.78, 5) is 23.8. The van der Waals surface area contributed by atoms with Crippen molar-refractivity contribution in [3.8, 4) is 0 Å². The minimum Gasteiger partial charge on any atom is -0.277 e. The van der Waals surface area contributed by atoms with Crippen LogP contribution in [0.25, 0.3) is 0 Å². The van der Waals surface area contributed by atoms with Crippen molar-refractivity contribution in [1.29, 1.82) is 0 Å². The van der Waals surface area contributed by atoms with Crippen LogP contribution in [0.3, 0.4) is 0 Å². The van der Waals surface area contributed by atoms with Gasteiger partial charge in [-0.25, -0.2) is 0 Å². The molecule has 0 atom stereocenters. The third-order valence-electron chi connectivity index (χ3n) is 2.00. The molecule has 0 radical (unpaired) electrons. The standard InChI is InChI=1S/C9H7NO2.2ClH/c1-10-8(11)6-4-2-3-5-7(6)9(10)12;;/h2-5H,1H3;2*1H.